The van der Waals surface area contributed by atoms with E-state index in [0.717, 1.165) is 34.1 Å². The summed E-state index contributed by atoms with van der Waals surface area (Å²) in [6.45, 7) is 3.87. The van der Waals surface area contributed by atoms with Gasteiger partial charge in [-0.25, -0.2) is 4.98 Å². The number of hydrogen-bond acceptors (Lipinski definition) is 8. The van der Waals surface area contributed by atoms with Crippen molar-refractivity contribution < 1.29 is 9.26 Å². The highest BCUT2D eigenvalue weighted by atomic mass is 32.2. The molecule has 0 saturated heterocycles. The van der Waals surface area contributed by atoms with E-state index in [1.165, 1.54) is 0 Å². The van der Waals surface area contributed by atoms with Crippen LogP contribution in [0, 0.1) is 0 Å². The van der Waals surface area contributed by atoms with E-state index >= 15 is 0 Å². The summed E-state index contributed by atoms with van der Waals surface area (Å²) in [6.07, 6.45) is 2.31. The van der Waals surface area contributed by atoms with Crippen molar-refractivity contribution in [3.05, 3.63) is 58.0 Å². The van der Waals surface area contributed by atoms with E-state index in [0.29, 0.717) is 43.3 Å². The first-order valence-corrected chi connectivity index (χ1v) is 12.2. The maximum atomic E-state index is 13.0. The quantitative estimate of drug-likeness (QED) is 0.184. The van der Waals surface area contributed by atoms with Crippen LogP contribution < -0.4 is 5.56 Å². The Balaban J connectivity index is 1.41. The second-order valence-corrected chi connectivity index (χ2v) is 8.87. The average Bonchev–Trinajstić information content (AvgIpc) is 3.48. The first-order chi connectivity index (χ1) is 15.3. The molecule has 0 aliphatic carbocycles. The number of aryl methyl sites for hydroxylation is 1. The molecule has 3 heterocycles. The summed E-state index contributed by atoms with van der Waals surface area (Å²) in [5.74, 6) is 2.06. The lowest BCUT2D eigenvalue weighted by molar-refractivity contribution is 0.140. The lowest BCUT2D eigenvalue weighted by Gasteiger charge is -2.13. The van der Waals surface area contributed by atoms with Crippen molar-refractivity contribution in [1.29, 1.82) is 0 Å². The molecule has 0 amide bonds. The molecule has 7 nitrogen and oxygen atoms in total. The molecule has 0 N–H and O–H groups in total. The van der Waals surface area contributed by atoms with Crippen LogP contribution in [0.5, 0.6) is 0 Å². The highest BCUT2D eigenvalue weighted by Crippen LogP contribution is 2.23. The molecule has 31 heavy (non-hydrogen) atoms. The van der Waals surface area contributed by atoms with Crippen molar-refractivity contribution in [3.8, 4) is 10.7 Å². The van der Waals surface area contributed by atoms with Gasteiger partial charge in [0.1, 0.15) is 0 Å². The maximum Gasteiger partial charge on any atom is 0.262 e. The Hall–Kier alpha value is -2.49. The summed E-state index contributed by atoms with van der Waals surface area (Å²) in [5, 5.41) is 7.43. The minimum Gasteiger partial charge on any atom is -0.382 e. The number of aromatic nitrogens is 4. The van der Waals surface area contributed by atoms with Crippen molar-refractivity contribution in [2.75, 3.05) is 19.0 Å². The molecule has 1 aromatic carbocycles. The van der Waals surface area contributed by atoms with Gasteiger partial charge in [0.2, 0.25) is 11.7 Å². The van der Waals surface area contributed by atoms with E-state index < -0.39 is 0 Å². The van der Waals surface area contributed by atoms with Crippen LogP contribution in [0.2, 0.25) is 0 Å². The number of hydrogen-bond donors (Lipinski definition) is 0. The standard InChI is InChI=1S/C22H24N4O3S2/c1-2-28-13-7-12-26-21(27)16-8-3-4-9-17(16)23-22(26)31-15-6-11-19-24-20(25-29-19)18-10-5-14-30-18/h3-5,8-10,14H,2,6-7,11-13,15H2,1H3. The Labute approximate surface area is 188 Å². The minimum atomic E-state index is 0.00193. The predicted octanol–water partition coefficient (Wildman–Crippen LogP) is 4.66. The molecule has 162 valence electrons. The van der Waals surface area contributed by atoms with Gasteiger partial charge in [0.25, 0.3) is 5.56 Å². The molecule has 0 spiro atoms. The number of benzene rings is 1. The molecule has 0 aliphatic rings. The zero-order valence-corrected chi connectivity index (χ0v) is 19.0. The lowest BCUT2D eigenvalue weighted by Crippen LogP contribution is -2.24. The van der Waals surface area contributed by atoms with Crippen molar-refractivity contribution >= 4 is 34.0 Å². The first-order valence-electron chi connectivity index (χ1n) is 10.3. The number of rotatable bonds is 11. The van der Waals surface area contributed by atoms with Gasteiger partial charge in [-0.05, 0) is 43.3 Å². The largest absolute Gasteiger partial charge is 0.382 e. The van der Waals surface area contributed by atoms with Crippen LogP contribution in [0.25, 0.3) is 21.6 Å². The molecule has 0 fully saturated rings. The van der Waals surface area contributed by atoms with E-state index in [4.69, 9.17) is 14.2 Å². The van der Waals surface area contributed by atoms with E-state index in [1.54, 1.807) is 27.7 Å². The first kappa shape index (κ1) is 21.7. The van der Waals surface area contributed by atoms with Crippen molar-refractivity contribution in [2.45, 2.75) is 37.9 Å². The highest BCUT2D eigenvalue weighted by Gasteiger charge is 2.13. The number of ether oxygens (including phenoxy) is 1. The highest BCUT2D eigenvalue weighted by molar-refractivity contribution is 7.99. The van der Waals surface area contributed by atoms with Crippen molar-refractivity contribution in [1.82, 2.24) is 19.7 Å². The average molecular weight is 457 g/mol. The summed E-state index contributed by atoms with van der Waals surface area (Å²) in [5.41, 5.74) is 0.732. The molecule has 4 aromatic rings. The summed E-state index contributed by atoms with van der Waals surface area (Å²) in [4.78, 5) is 23.2. The van der Waals surface area contributed by atoms with Crippen LogP contribution in [-0.4, -0.2) is 38.7 Å². The van der Waals surface area contributed by atoms with Gasteiger partial charge in [-0.15, -0.1) is 11.3 Å². The third kappa shape index (κ3) is 5.41. The van der Waals surface area contributed by atoms with Crippen LogP contribution in [0.4, 0.5) is 0 Å². The smallest absolute Gasteiger partial charge is 0.262 e. The molecule has 3 aromatic heterocycles. The van der Waals surface area contributed by atoms with Crippen LogP contribution in [0.15, 0.2) is 56.3 Å². The van der Waals surface area contributed by atoms with Crippen LogP contribution in [-0.2, 0) is 17.7 Å². The van der Waals surface area contributed by atoms with Gasteiger partial charge in [0.05, 0.1) is 15.8 Å². The molecule has 0 bridgehead atoms. The van der Waals surface area contributed by atoms with Crippen molar-refractivity contribution in [3.63, 3.8) is 0 Å². The van der Waals surface area contributed by atoms with Crippen LogP contribution >= 0.6 is 23.1 Å². The third-order valence-corrected chi connectivity index (χ3v) is 6.61. The fourth-order valence-corrected chi connectivity index (χ4v) is 4.79. The fraction of sp³-hybridized carbons (Fsp3) is 0.364. The second kappa shape index (κ2) is 10.7. The topological polar surface area (TPSA) is 83.0 Å². The van der Waals surface area contributed by atoms with E-state index in [2.05, 4.69) is 10.1 Å². The SMILES string of the molecule is CCOCCCn1c(SCCCc2nc(-c3cccs3)no2)nc2ccccc2c1=O. The van der Waals surface area contributed by atoms with E-state index in [-0.39, 0.29) is 5.56 Å². The van der Waals surface area contributed by atoms with Gasteiger partial charge < -0.3 is 9.26 Å². The molecular weight excluding hydrogens is 432 g/mol. The number of thioether (sulfide) groups is 1. The molecule has 0 saturated carbocycles. The Morgan fingerprint density at radius 1 is 1.16 bits per heavy atom. The molecule has 0 aliphatic heterocycles. The Morgan fingerprint density at radius 3 is 2.90 bits per heavy atom. The van der Waals surface area contributed by atoms with Gasteiger partial charge in [-0.1, -0.05) is 35.1 Å². The summed E-state index contributed by atoms with van der Waals surface area (Å²) >= 11 is 3.18. The zero-order valence-electron chi connectivity index (χ0n) is 17.3. The van der Waals surface area contributed by atoms with Gasteiger partial charge in [-0.2, -0.15) is 4.98 Å². The third-order valence-electron chi connectivity index (χ3n) is 4.68. The lowest BCUT2D eigenvalue weighted by atomic mass is 10.2. The summed E-state index contributed by atoms with van der Waals surface area (Å²) in [7, 11) is 0. The summed E-state index contributed by atoms with van der Waals surface area (Å²) < 4.78 is 12.6. The number of para-hydroxylation sites is 1. The monoisotopic (exact) mass is 456 g/mol. The van der Waals surface area contributed by atoms with Gasteiger partial charge >= 0.3 is 0 Å². The number of nitrogens with zero attached hydrogens (tertiary/aromatic N) is 4. The maximum absolute atomic E-state index is 13.0. The molecule has 0 unspecified atom stereocenters. The summed E-state index contributed by atoms with van der Waals surface area (Å²) in [6, 6.07) is 11.4. The molecule has 4 rings (SSSR count). The van der Waals surface area contributed by atoms with Crippen LogP contribution in [0.3, 0.4) is 0 Å². The Bertz CT molecular complexity index is 1170. The van der Waals surface area contributed by atoms with Crippen molar-refractivity contribution in [2.24, 2.45) is 0 Å². The van der Waals surface area contributed by atoms with Gasteiger partial charge in [0, 0.05) is 31.9 Å². The van der Waals surface area contributed by atoms with Crippen LogP contribution in [0.1, 0.15) is 25.7 Å². The second-order valence-electron chi connectivity index (χ2n) is 6.86. The Kier molecular flexibility index (Phi) is 7.50. The van der Waals surface area contributed by atoms with Gasteiger partial charge in [0.15, 0.2) is 5.16 Å². The Morgan fingerprint density at radius 2 is 2.06 bits per heavy atom. The number of fused-ring (bicyclic) bond motifs is 1. The van der Waals surface area contributed by atoms with Gasteiger partial charge in [-0.3, -0.25) is 9.36 Å². The molecular formula is C22H24N4O3S2. The molecule has 0 atom stereocenters. The molecule has 0 radical (unpaired) electrons. The van der Waals surface area contributed by atoms with E-state index in [9.17, 15) is 4.79 Å². The number of thiophene rings is 1. The fourth-order valence-electron chi connectivity index (χ4n) is 3.17. The van der Waals surface area contributed by atoms with E-state index in [1.807, 2.05) is 48.7 Å². The zero-order chi connectivity index (χ0) is 21.5. The predicted molar refractivity (Wildman–Crippen MR) is 124 cm³/mol. The normalized spacial score (nSPS) is 11.4. The molecule has 9 heteroatoms. The minimum absolute atomic E-state index is 0.00193.